The van der Waals surface area contributed by atoms with Crippen LogP contribution in [0.25, 0.3) is 10.9 Å². The minimum Gasteiger partial charge on any atom is -0.486 e. The normalized spacial score (nSPS) is 11.2. The zero-order valence-corrected chi connectivity index (χ0v) is 12.6. The Bertz CT molecular complexity index is 740. The molecule has 0 aliphatic rings. The quantitative estimate of drug-likeness (QED) is 0.762. The van der Waals surface area contributed by atoms with E-state index in [0.717, 1.165) is 22.3 Å². The molecule has 0 radical (unpaired) electrons. The summed E-state index contributed by atoms with van der Waals surface area (Å²) < 4.78 is 5.69. The molecular weight excluding hydrogens is 317 g/mol. The summed E-state index contributed by atoms with van der Waals surface area (Å²) in [6, 6.07) is 3.61. The average Bonchev–Trinajstić information content (AvgIpc) is 3.05. The number of hydrogen-bond acceptors (Lipinski definition) is 4. The van der Waals surface area contributed by atoms with Gasteiger partial charge in [0.1, 0.15) is 12.4 Å². The maximum atomic E-state index is 6.22. The van der Waals surface area contributed by atoms with Crippen LogP contribution in [-0.4, -0.2) is 9.97 Å². The summed E-state index contributed by atoms with van der Waals surface area (Å²) in [5, 5.41) is 3.90. The molecule has 3 N–H and O–H groups in total. The molecule has 4 nitrogen and oxygen atoms in total. The fraction of sp³-hybridized carbons (Fsp3) is 0.154. The molecule has 2 heterocycles. The van der Waals surface area contributed by atoms with Crippen molar-refractivity contribution in [2.75, 3.05) is 0 Å². The number of thiazole rings is 1. The van der Waals surface area contributed by atoms with Crippen molar-refractivity contribution in [1.82, 2.24) is 9.97 Å². The Morgan fingerprint density at radius 2 is 2.20 bits per heavy atom. The van der Waals surface area contributed by atoms with Gasteiger partial charge in [0.25, 0.3) is 0 Å². The Balaban J connectivity index is 1.93. The van der Waals surface area contributed by atoms with Crippen LogP contribution in [0.2, 0.25) is 10.0 Å². The number of halogens is 2. The first-order valence-corrected chi connectivity index (χ1v) is 7.58. The molecule has 0 aliphatic carbocycles. The van der Waals surface area contributed by atoms with Crippen LogP contribution >= 0.6 is 34.5 Å². The van der Waals surface area contributed by atoms with E-state index in [1.165, 1.54) is 11.3 Å². The van der Waals surface area contributed by atoms with Crippen molar-refractivity contribution >= 4 is 45.4 Å². The summed E-state index contributed by atoms with van der Waals surface area (Å²) in [5.74, 6) is 0.591. The van der Waals surface area contributed by atoms with Crippen molar-refractivity contribution in [1.29, 1.82) is 0 Å². The van der Waals surface area contributed by atoms with Gasteiger partial charge in [-0.2, -0.15) is 0 Å². The van der Waals surface area contributed by atoms with E-state index in [-0.39, 0.29) is 0 Å². The third kappa shape index (κ3) is 2.50. The van der Waals surface area contributed by atoms with Gasteiger partial charge in [-0.15, -0.1) is 11.3 Å². The summed E-state index contributed by atoms with van der Waals surface area (Å²) in [6.45, 7) is 0.729. The Morgan fingerprint density at radius 3 is 2.90 bits per heavy atom. The summed E-state index contributed by atoms with van der Waals surface area (Å²) in [6.07, 6.45) is 0. The summed E-state index contributed by atoms with van der Waals surface area (Å²) in [7, 11) is 0. The van der Waals surface area contributed by atoms with Gasteiger partial charge >= 0.3 is 0 Å². The van der Waals surface area contributed by atoms with Crippen molar-refractivity contribution < 1.29 is 4.74 Å². The number of benzene rings is 1. The van der Waals surface area contributed by atoms with E-state index >= 15 is 0 Å². The molecule has 20 heavy (non-hydrogen) atoms. The molecule has 3 rings (SSSR count). The lowest BCUT2D eigenvalue weighted by molar-refractivity contribution is 0.302. The van der Waals surface area contributed by atoms with Crippen molar-refractivity contribution in [3.05, 3.63) is 44.5 Å². The smallest absolute Gasteiger partial charge is 0.140 e. The fourth-order valence-electron chi connectivity index (χ4n) is 1.93. The van der Waals surface area contributed by atoms with Gasteiger partial charge in [0.05, 0.1) is 26.8 Å². The topological polar surface area (TPSA) is 63.9 Å². The molecule has 0 saturated heterocycles. The van der Waals surface area contributed by atoms with Crippen LogP contribution in [0.1, 0.15) is 11.4 Å². The van der Waals surface area contributed by atoms with Gasteiger partial charge in [0.15, 0.2) is 0 Å². The van der Waals surface area contributed by atoms with Gasteiger partial charge in [0.2, 0.25) is 0 Å². The standard InChI is InChI=1S/C13H11Cl2N3OS/c14-9-1-8-10(18-11(3-16)13(8)15)2-12(9)19-4-7-5-20-6-17-7/h1-2,5-6,18H,3-4,16H2. The van der Waals surface area contributed by atoms with Crippen LogP contribution in [0.5, 0.6) is 5.75 Å². The van der Waals surface area contributed by atoms with Crippen molar-refractivity contribution in [2.24, 2.45) is 5.73 Å². The number of H-pyrrole nitrogens is 1. The summed E-state index contributed by atoms with van der Waals surface area (Å²) in [5.41, 5.74) is 9.91. The molecule has 7 heteroatoms. The Kier molecular flexibility index (Phi) is 3.85. The lowest BCUT2D eigenvalue weighted by Crippen LogP contribution is -1.96. The number of nitrogens with zero attached hydrogens (tertiary/aromatic N) is 1. The molecule has 0 aliphatic heterocycles. The predicted molar refractivity (Wildman–Crippen MR) is 82.7 cm³/mol. The van der Waals surface area contributed by atoms with Crippen LogP contribution in [-0.2, 0) is 13.2 Å². The van der Waals surface area contributed by atoms with Gasteiger partial charge in [-0.25, -0.2) is 4.98 Å². The van der Waals surface area contributed by atoms with E-state index < -0.39 is 0 Å². The Labute approximate surface area is 129 Å². The maximum absolute atomic E-state index is 6.22. The van der Waals surface area contributed by atoms with Gasteiger partial charge in [-0.3, -0.25) is 0 Å². The molecule has 104 valence electrons. The molecule has 0 atom stereocenters. The second-order valence-corrected chi connectivity index (χ2v) is 5.72. The summed E-state index contributed by atoms with van der Waals surface area (Å²) in [4.78, 5) is 7.32. The van der Waals surface area contributed by atoms with E-state index in [1.807, 2.05) is 11.4 Å². The second-order valence-electron chi connectivity index (χ2n) is 4.22. The van der Waals surface area contributed by atoms with Crippen molar-refractivity contribution in [3.8, 4) is 5.75 Å². The molecular formula is C13H11Cl2N3OS. The lowest BCUT2D eigenvalue weighted by Gasteiger charge is -2.06. The van der Waals surface area contributed by atoms with Gasteiger partial charge in [0, 0.05) is 29.1 Å². The second kappa shape index (κ2) is 5.61. The van der Waals surface area contributed by atoms with Gasteiger partial charge in [-0.1, -0.05) is 23.2 Å². The highest BCUT2D eigenvalue weighted by molar-refractivity contribution is 7.07. The van der Waals surface area contributed by atoms with Crippen molar-refractivity contribution in [2.45, 2.75) is 13.2 Å². The van der Waals surface area contributed by atoms with Crippen molar-refractivity contribution in [3.63, 3.8) is 0 Å². The molecule has 0 fully saturated rings. The van der Waals surface area contributed by atoms with Crippen LogP contribution in [0.15, 0.2) is 23.0 Å². The Morgan fingerprint density at radius 1 is 1.35 bits per heavy atom. The minimum absolute atomic E-state index is 0.347. The number of hydrogen-bond donors (Lipinski definition) is 2. The monoisotopic (exact) mass is 327 g/mol. The highest BCUT2D eigenvalue weighted by atomic mass is 35.5. The third-order valence-electron chi connectivity index (χ3n) is 2.92. The first kappa shape index (κ1) is 13.7. The van der Waals surface area contributed by atoms with E-state index in [4.69, 9.17) is 33.7 Å². The minimum atomic E-state index is 0.347. The summed E-state index contributed by atoms with van der Waals surface area (Å²) >= 11 is 14.0. The first-order valence-electron chi connectivity index (χ1n) is 5.88. The number of nitrogens with two attached hydrogens (primary N) is 1. The van der Waals surface area contributed by atoms with Gasteiger partial charge < -0.3 is 15.5 Å². The zero-order valence-electron chi connectivity index (χ0n) is 10.3. The Hall–Kier alpha value is -1.27. The highest BCUT2D eigenvalue weighted by Crippen LogP contribution is 2.35. The largest absolute Gasteiger partial charge is 0.486 e. The number of ether oxygens (including phenoxy) is 1. The number of aromatic amines is 1. The van der Waals surface area contributed by atoms with Crippen LogP contribution in [0.4, 0.5) is 0 Å². The van der Waals surface area contributed by atoms with Gasteiger partial charge in [-0.05, 0) is 6.07 Å². The number of nitrogens with one attached hydrogen (secondary N) is 1. The number of rotatable bonds is 4. The molecule has 0 saturated carbocycles. The molecule has 0 amide bonds. The SMILES string of the molecule is NCc1[nH]c2cc(OCc3cscn3)c(Cl)cc2c1Cl. The maximum Gasteiger partial charge on any atom is 0.140 e. The molecule has 1 aromatic carbocycles. The van der Waals surface area contributed by atoms with E-state index in [0.29, 0.717) is 28.9 Å². The van der Waals surface area contributed by atoms with Crippen LogP contribution < -0.4 is 10.5 Å². The lowest BCUT2D eigenvalue weighted by atomic mass is 10.2. The molecule has 2 aromatic heterocycles. The molecule has 0 unspecified atom stereocenters. The van der Waals surface area contributed by atoms with E-state index in [2.05, 4.69) is 9.97 Å². The van der Waals surface area contributed by atoms with E-state index in [9.17, 15) is 0 Å². The first-order chi connectivity index (χ1) is 9.69. The predicted octanol–water partition coefficient (Wildman–Crippen LogP) is 3.97. The zero-order chi connectivity index (χ0) is 14.1. The van der Waals surface area contributed by atoms with Crippen LogP contribution in [0, 0.1) is 0 Å². The fourth-order valence-corrected chi connectivity index (χ4v) is 2.97. The highest BCUT2D eigenvalue weighted by Gasteiger charge is 2.12. The molecule has 0 bridgehead atoms. The average molecular weight is 328 g/mol. The van der Waals surface area contributed by atoms with Crippen LogP contribution in [0.3, 0.4) is 0 Å². The molecule has 3 aromatic rings. The number of fused-ring (bicyclic) bond motifs is 1. The molecule has 0 spiro atoms. The number of aromatic nitrogens is 2. The van der Waals surface area contributed by atoms with E-state index in [1.54, 1.807) is 11.6 Å². The third-order valence-corrected chi connectivity index (χ3v) is 4.28.